The normalized spacial score (nSPS) is 21.0. The van der Waals surface area contributed by atoms with E-state index in [-0.39, 0.29) is 30.5 Å². The number of rotatable bonds is 4. The Hall–Kier alpha value is -0.620. The van der Waals surface area contributed by atoms with E-state index in [9.17, 15) is 4.79 Å². The predicted molar refractivity (Wildman–Crippen MR) is 89.9 cm³/mol. The van der Waals surface area contributed by atoms with Crippen LogP contribution in [-0.2, 0) is 16.1 Å². The summed E-state index contributed by atoms with van der Waals surface area (Å²) in [4.78, 5) is 12.1. The van der Waals surface area contributed by atoms with E-state index in [1.807, 2.05) is 0 Å². The van der Waals surface area contributed by atoms with Gasteiger partial charge in [-0.3, -0.25) is 4.79 Å². The average Bonchev–Trinajstić information content (AvgIpc) is 2.86. The van der Waals surface area contributed by atoms with Crippen LogP contribution in [0.5, 0.6) is 0 Å². The maximum atomic E-state index is 12.1. The lowest BCUT2D eigenvalue weighted by atomic mass is 10.0. The second-order valence-electron chi connectivity index (χ2n) is 5.29. The first kappa shape index (κ1) is 18.4. The summed E-state index contributed by atoms with van der Waals surface area (Å²) in [7, 11) is 1.68. The van der Waals surface area contributed by atoms with Crippen LogP contribution in [0.1, 0.15) is 23.1 Å². The zero-order chi connectivity index (χ0) is 14.7. The molecule has 1 aliphatic heterocycles. The molecule has 0 aromatic heterocycles. The van der Waals surface area contributed by atoms with Gasteiger partial charge in [0.15, 0.2) is 0 Å². The van der Waals surface area contributed by atoms with Crippen LogP contribution in [0.2, 0.25) is 0 Å². The van der Waals surface area contributed by atoms with Crippen molar-refractivity contribution in [2.45, 2.75) is 39.0 Å². The summed E-state index contributed by atoms with van der Waals surface area (Å²) in [6.07, 6.45) is 0.877. The van der Waals surface area contributed by atoms with Gasteiger partial charge in [-0.1, -0.05) is 15.9 Å². The SMILES string of the molecule is CO[C@@H]1CN[C@H](C(=O)NCc2c(C)cc(Br)cc2C)C1.Cl. The zero-order valence-corrected chi connectivity index (χ0v) is 14.9. The molecule has 0 aliphatic carbocycles. The maximum absolute atomic E-state index is 12.1. The monoisotopic (exact) mass is 376 g/mol. The minimum Gasteiger partial charge on any atom is -0.380 e. The molecule has 1 aliphatic rings. The molecule has 2 N–H and O–H groups in total. The van der Waals surface area contributed by atoms with Crippen LogP contribution in [0.3, 0.4) is 0 Å². The molecule has 0 saturated carbocycles. The van der Waals surface area contributed by atoms with Gasteiger partial charge in [-0.25, -0.2) is 0 Å². The van der Waals surface area contributed by atoms with Gasteiger partial charge in [0.2, 0.25) is 5.91 Å². The largest absolute Gasteiger partial charge is 0.380 e. The first-order chi connectivity index (χ1) is 9.51. The van der Waals surface area contributed by atoms with Gasteiger partial charge in [0.05, 0.1) is 12.1 Å². The van der Waals surface area contributed by atoms with E-state index >= 15 is 0 Å². The number of hydrogen-bond acceptors (Lipinski definition) is 3. The van der Waals surface area contributed by atoms with Gasteiger partial charge in [-0.05, 0) is 49.1 Å². The summed E-state index contributed by atoms with van der Waals surface area (Å²) in [6, 6.07) is 4.00. The number of halogens is 2. The third-order valence-electron chi connectivity index (χ3n) is 3.84. The van der Waals surface area contributed by atoms with E-state index in [1.165, 1.54) is 16.7 Å². The van der Waals surface area contributed by atoms with Crippen LogP contribution < -0.4 is 10.6 Å². The molecule has 6 heteroatoms. The fraction of sp³-hybridized carbons (Fsp3) is 0.533. The van der Waals surface area contributed by atoms with Gasteiger partial charge in [0, 0.05) is 24.7 Å². The quantitative estimate of drug-likeness (QED) is 0.847. The molecular weight excluding hydrogens is 356 g/mol. The van der Waals surface area contributed by atoms with E-state index < -0.39 is 0 Å². The molecule has 1 aromatic rings. The Morgan fingerprint density at radius 1 is 1.43 bits per heavy atom. The molecule has 1 heterocycles. The highest BCUT2D eigenvalue weighted by Gasteiger charge is 2.29. The lowest BCUT2D eigenvalue weighted by molar-refractivity contribution is -0.123. The van der Waals surface area contributed by atoms with E-state index in [0.717, 1.165) is 17.4 Å². The highest BCUT2D eigenvalue weighted by atomic mass is 79.9. The van der Waals surface area contributed by atoms with Crippen molar-refractivity contribution in [3.05, 3.63) is 33.3 Å². The van der Waals surface area contributed by atoms with Gasteiger partial charge >= 0.3 is 0 Å². The molecule has 0 bridgehead atoms. The van der Waals surface area contributed by atoms with Crippen LogP contribution in [0, 0.1) is 13.8 Å². The van der Waals surface area contributed by atoms with Crippen LogP contribution in [0.25, 0.3) is 0 Å². The van der Waals surface area contributed by atoms with Gasteiger partial charge in [-0.2, -0.15) is 0 Å². The van der Waals surface area contributed by atoms with Crippen molar-refractivity contribution in [1.29, 1.82) is 0 Å². The first-order valence-electron chi connectivity index (χ1n) is 6.80. The van der Waals surface area contributed by atoms with E-state index in [2.05, 4.69) is 52.5 Å². The second-order valence-corrected chi connectivity index (χ2v) is 6.21. The minimum absolute atomic E-state index is 0. The summed E-state index contributed by atoms with van der Waals surface area (Å²) >= 11 is 3.48. The number of carbonyl (C=O) groups excluding carboxylic acids is 1. The molecular formula is C15H22BrClN2O2. The number of ether oxygens (including phenoxy) is 1. The number of nitrogens with one attached hydrogen (secondary N) is 2. The Balaban J connectivity index is 0.00000220. The summed E-state index contributed by atoms with van der Waals surface area (Å²) in [5.41, 5.74) is 3.56. The molecule has 1 aromatic carbocycles. The molecule has 1 fully saturated rings. The Labute approximate surface area is 140 Å². The Morgan fingerprint density at radius 2 is 2.05 bits per heavy atom. The van der Waals surface area contributed by atoms with Crippen LogP contribution in [0.4, 0.5) is 0 Å². The number of benzene rings is 1. The Kier molecular flexibility index (Phi) is 7.13. The summed E-state index contributed by atoms with van der Waals surface area (Å²) in [6.45, 7) is 5.44. The topological polar surface area (TPSA) is 50.4 Å². The molecule has 0 radical (unpaired) electrons. The van der Waals surface area contributed by atoms with Gasteiger partial charge < -0.3 is 15.4 Å². The molecule has 118 valence electrons. The zero-order valence-electron chi connectivity index (χ0n) is 12.5. The molecule has 4 nitrogen and oxygen atoms in total. The number of aryl methyl sites for hydroxylation is 2. The number of hydrogen-bond donors (Lipinski definition) is 2. The first-order valence-corrected chi connectivity index (χ1v) is 7.60. The average molecular weight is 378 g/mol. The minimum atomic E-state index is -0.143. The summed E-state index contributed by atoms with van der Waals surface area (Å²) in [5.74, 6) is 0.0475. The van der Waals surface area contributed by atoms with Crippen molar-refractivity contribution < 1.29 is 9.53 Å². The predicted octanol–water partition coefficient (Wildman–Crippen LogP) is 2.48. The Morgan fingerprint density at radius 3 is 2.57 bits per heavy atom. The molecule has 1 saturated heterocycles. The number of carbonyl (C=O) groups is 1. The smallest absolute Gasteiger partial charge is 0.237 e. The standard InChI is InChI=1S/C15H21BrN2O2.ClH/c1-9-4-11(16)5-10(2)13(9)8-18-15(19)14-6-12(20-3)7-17-14;/h4-5,12,14,17H,6-8H2,1-3H3,(H,18,19);1H/t12-,14-;/m0./s1. The third kappa shape index (κ3) is 4.68. The van der Waals surface area contributed by atoms with Crippen molar-refractivity contribution >= 4 is 34.2 Å². The summed E-state index contributed by atoms with van der Waals surface area (Å²) < 4.78 is 6.33. The number of amides is 1. The fourth-order valence-corrected chi connectivity index (χ4v) is 3.29. The van der Waals surface area contributed by atoms with E-state index in [4.69, 9.17) is 4.74 Å². The second kappa shape index (κ2) is 8.13. The van der Waals surface area contributed by atoms with Crippen molar-refractivity contribution in [3.63, 3.8) is 0 Å². The highest BCUT2D eigenvalue weighted by molar-refractivity contribution is 9.10. The van der Waals surface area contributed by atoms with Gasteiger partial charge in [-0.15, -0.1) is 12.4 Å². The van der Waals surface area contributed by atoms with Gasteiger partial charge in [0.25, 0.3) is 0 Å². The van der Waals surface area contributed by atoms with Crippen molar-refractivity contribution in [3.8, 4) is 0 Å². The molecule has 2 atom stereocenters. The van der Waals surface area contributed by atoms with Crippen molar-refractivity contribution in [2.75, 3.05) is 13.7 Å². The highest BCUT2D eigenvalue weighted by Crippen LogP contribution is 2.20. The number of methoxy groups -OCH3 is 1. The lowest BCUT2D eigenvalue weighted by Gasteiger charge is -2.14. The van der Waals surface area contributed by atoms with Gasteiger partial charge in [0.1, 0.15) is 0 Å². The molecule has 0 spiro atoms. The van der Waals surface area contributed by atoms with Crippen molar-refractivity contribution in [1.82, 2.24) is 10.6 Å². The fourth-order valence-electron chi connectivity index (χ4n) is 2.60. The molecule has 21 heavy (non-hydrogen) atoms. The lowest BCUT2D eigenvalue weighted by Crippen LogP contribution is -2.40. The van der Waals surface area contributed by atoms with Crippen LogP contribution in [0.15, 0.2) is 16.6 Å². The van der Waals surface area contributed by atoms with Crippen LogP contribution >= 0.6 is 28.3 Å². The maximum Gasteiger partial charge on any atom is 0.237 e. The van der Waals surface area contributed by atoms with Crippen molar-refractivity contribution in [2.24, 2.45) is 0 Å². The summed E-state index contributed by atoms with van der Waals surface area (Å²) in [5, 5.41) is 6.20. The third-order valence-corrected chi connectivity index (χ3v) is 4.30. The van der Waals surface area contributed by atoms with E-state index in [1.54, 1.807) is 7.11 Å². The van der Waals surface area contributed by atoms with E-state index in [0.29, 0.717) is 6.54 Å². The molecule has 1 amide bonds. The van der Waals surface area contributed by atoms with Crippen LogP contribution in [-0.4, -0.2) is 31.7 Å². The molecule has 2 rings (SSSR count). The molecule has 0 unspecified atom stereocenters. The Bertz CT molecular complexity index is 487.